The zero-order chi connectivity index (χ0) is 13.7. The fraction of sp³-hybridized carbons (Fsp3) is 0.333. The van der Waals surface area contributed by atoms with Crippen molar-refractivity contribution >= 4 is 17.5 Å². The number of carbonyl (C=O) groups is 1. The average molecular weight is 282 g/mol. The molecule has 7 heteroatoms. The minimum atomic E-state index is -0.727. The molecule has 0 aliphatic carbocycles. The van der Waals surface area contributed by atoms with Crippen molar-refractivity contribution in [3.63, 3.8) is 0 Å². The molecule has 0 aliphatic rings. The van der Waals surface area contributed by atoms with Crippen LogP contribution in [-0.2, 0) is 11.3 Å². The lowest BCUT2D eigenvalue weighted by Gasteiger charge is -2.03. The van der Waals surface area contributed by atoms with Gasteiger partial charge < -0.3 is 18.8 Å². The summed E-state index contributed by atoms with van der Waals surface area (Å²) < 4.78 is 16.9. The number of imidazole rings is 1. The van der Waals surface area contributed by atoms with Crippen molar-refractivity contribution in [2.75, 3.05) is 13.7 Å². The van der Waals surface area contributed by atoms with E-state index >= 15 is 0 Å². The normalized spacial score (nSPS) is 10.2. The number of rotatable bonds is 5. The van der Waals surface area contributed by atoms with Crippen LogP contribution < -0.4 is 9.47 Å². The van der Waals surface area contributed by atoms with Crippen LogP contribution in [0.1, 0.15) is 5.56 Å². The van der Waals surface area contributed by atoms with E-state index < -0.39 is 6.16 Å². The van der Waals surface area contributed by atoms with Crippen molar-refractivity contribution in [3.05, 3.63) is 30.4 Å². The van der Waals surface area contributed by atoms with Gasteiger partial charge in [0.1, 0.15) is 6.61 Å². The fourth-order valence-electron chi connectivity index (χ4n) is 1.40. The molecule has 0 radical (unpaired) electrons. The maximum Gasteiger partial charge on any atom is 0.514 e. The van der Waals surface area contributed by atoms with E-state index in [9.17, 15) is 4.79 Å². The molecule has 0 N–H and O–H groups in total. The molecule has 19 heavy (non-hydrogen) atoms. The molecule has 2 rings (SSSR count). The van der Waals surface area contributed by atoms with Gasteiger partial charge in [0.25, 0.3) is 0 Å². The van der Waals surface area contributed by atoms with E-state index in [1.54, 1.807) is 12.5 Å². The Labute approximate surface area is 114 Å². The third-order valence-electron chi connectivity index (χ3n) is 2.35. The number of nitrogens with zero attached hydrogens (tertiary/aromatic N) is 2. The summed E-state index contributed by atoms with van der Waals surface area (Å²) in [4.78, 5) is 15.0. The Kier molecular flexibility index (Phi) is 4.40. The maximum atomic E-state index is 11.0. The molecule has 0 saturated carbocycles. The standard InChI is InChI=1S/C12H14N2O4S/c1-9-7-10(19-11(9)18-12(15)16-2)17-6-5-14-4-3-13-8-14/h3-4,7-8H,5-6H2,1-2H3. The largest absolute Gasteiger partial charge is 0.514 e. The topological polar surface area (TPSA) is 62.6 Å². The molecule has 0 aromatic carbocycles. The second-order valence-corrected chi connectivity index (χ2v) is 4.72. The SMILES string of the molecule is COC(=O)Oc1sc(OCCn2ccnc2)cc1C. The van der Waals surface area contributed by atoms with Gasteiger partial charge in [-0.3, -0.25) is 0 Å². The number of aryl methyl sites for hydroxylation is 1. The average Bonchev–Trinajstić information content (AvgIpc) is 3.00. The van der Waals surface area contributed by atoms with Crippen molar-refractivity contribution in [2.45, 2.75) is 13.5 Å². The first kappa shape index (κ1) is 13.4. The van der Waals surface area contributed by atoms with Crippen LogP contribution in [0.5, 0.6) is 10.1 Å². The van der Waals surface area contributed by atoms with E-state index in [0.717, 1.165) is 5.56 Å². The van der Waals surface area contributed by atoms with Crippen LogP contribution in [0.2, 0.25) is 0 Å². The van der Waals surface area contributed by atoms with Crippen LogP contribution in [0, 0.1) is 6.92 Å². The van der Waals surface area contributed by atoms with Gasteiger partial charge in [-0.1, -0.05) is 11.3 Å². The molecule has 0 unspecified atom stereocenters. The lowest BCUT2D eigenvalue weighted by atomic mass is 10.4. The number of hydrogen-bond acceptors (Lipinski definition) is 6. The molecule has 6 nitrogen and oxygen atoms in total. The van der Waals surface area contributed by atoms with Gasteiger partial charge in [-0.2, -0.15) is 0 Å². The van der Waals surface area contributed by atoms with E-state index in [1.165, 1.54) is 18.4 Å². The molecule has 2 heterocycles. The predicted molar refractivity (Wildman–Crippen MR) is 69.8 cm³/mol. The van der Waals surface area contributed by atoms with Gasteiger partial charge in [-0.05, 0) is 13.0 Å². The fourth-order valence-corrected chi connectivity index (χ4v) is 2.29. The van der Waals surface area contributed by atoms with Gasteiger partial charge in [0, 0.05) is 18.0 Å². The Morgan fingerprint density at radius 3 is 3.05 bits per heavy atom. The lowest BCUT2D eigenvalue weighted by Crippen LogP contribution is -2.06. The molecular weight excluding hydrogens is 268 g/mol. The first-order valence-electron chi connectivity index (χ1n) is 5.64. The molecule has 0 aliphatic heterocycles. The van der Waals surface area contributed by atoms with Crippen molar-refractivity contribution < 1.29 is 19.0 Å². The molecule has 0 bridgehead atoms. The summed E-state index contributed by atoms with van der Waals surface area (Å²) in [6.45, 7) is 3.08. The molecule has 102 valence electrons. The molecule has 0 spiro atoms. The predicted octanol–water partition coefficient (Wildman–Crippen LogP) is 2.48. The van der Waals surface area contributed by atoms with Crippen LogP contribution in [0.15, 0.2) is 24.8 Å². The van der Waals surface area contributed by atoms with Crippen molar-refractivity contribution in [1.82, 2.24) is 9.55 Å². The van der Waals surface area contributed by atoms with Crippen LogP contribution in [0.3, 0.4) is 0 Å². The number of carbonyl (C=O) groups excluding carboxylic acids is 1. The van der Waals surface area contributed by atoms with E-state index in [4.69, 9.17) is 9.47 Å². The number of thiophene rings is 1. The van der Waals surface area contributed by atoms with Crippen LogP contribution in [0.4, 0.5) is 4.79 Å². The Morgan fingerprint density at radius 1 is 1.53 bits per heavy atom. The quantitative estimate of drug-likeness (QED) is 0.788. The van der Waals surface area contributed by atoms with E-state index in [-0.39, 0.29) is 0 Å². The summed E-state index contributed by atoms with van der Waals surface area (Å²) in [7, 11) is 1.27. The molecule has 2 aromatic rings. The van der Waals surface area contributed by atoms with Gasteiger partial charge in [0.2, 0.25) is 0 Å². The van der Waals surface area contributed by atoms with E-state index in [1.807, 2.05) is 23.8 Å². The highest BCUT2D eigenvalue weighted by Crippen LogP contribution is 2.35. The highest BCUT2D eigenvalue weighted by molar-refractivity contribution is 7.15. The zero-order valence-electron chi connectivity index (χ0n) is 10.7. The summed E-state index contributed by atoms with van der Waals surface area (Å²) in [6, 6.07) is 1.83. The third kappa shape index (κ3) is 3.72. The summed E-state index contributed by atoms with van der Waals surface area (Å²) in [6.07, 6.45) is 4.59. The van der Waals surface area contributed by atoms with Crippen molar-refractivity contribution in [1.29, 1.82) is 0 Å². The highest BCUT2D eigenvalue weighted by atomic mass is 32.1. The number of aromatic nitrogens is 2. The molecular formula is C12H14N2O4S. The van der Waals surface area contributed by atoms with Gasteiger partial charge in [0.05, 0.1) is 20.0 Å². The maximum absolute atomic E-state index is 11.0. The minimum absolute atomic E-state index is 0.490. The van der Waals surface area contributed by atoms with Crippen LogP contribution in [0.25, 0.3) is 0 Å². The summed E-state index contributed by atoms with van der Waals surface area (Å²) in [5, 5.41) is 1.20. The second-order valence-electron chi connectivity index (χ2n) is 3.74. The second kappa shape index (κ2) is 6.24. The molecule has 0 fully saturated rings. The third-order valence-corrected chi connectivity index (χ3v) is 3.37. The molecule has 0 saturated heterocycles. The van der Waals surface area contributed by atoms with Gasteiger partial charge in [0.15, 0.2) is 10.1 Å². The van der Waals surface area contributed by atoms with Gasteiger partial charge in [-0.25, -0.2) is 9.78 Å². The van der Waals surface area contributed by atoms with Crippen LogP contribution in [-0.4, -0.2) is 29.4 Å². The number of hydrogen-bond donors (Lipinski definition) is 0. The molecule has 0 atom stereocenters. The van der Waals surface area contributed by atoms with Gasteiger partial charge >= 0.3 is 6.16 Å². The summed E-state index contributed by atoms with van der Waals surface area (Å²) in [5.41, 5.74) is 0.841. The summed E-state index contributed by atoms with van der Waals surface area (Å²) >= 11 is 1.27. The van der Waals surface area contributed by atoms with Crippen molar-refractivity contribution in [3.8, 4) is 10.1 Å². The first-order chi connectivity index (χ1) is 9.19. The van der Waals surface area contributed by atoms with E-state index in [2.05, 4.69) is 9.72 Å². The minimum Gasteiger partial charge on any atom is -0.482 e. The Balaban J connectivity index is 1.87. The number of ether oxygens (including phenoxy) is 3. The van der Waals surface area contributed by atoms with Crippen LogP contribution >= 0.6 is 11.3 Å². The van der Waals surface area contributed by atoms with Gasteiger partial charge in [-0.15, -0.1) is 0 Å². The van der Waals surface area contributed by atoms with E-state index in [0.29, 0.717) is 23.3 Å². The highest BCUT2D eigenvalue weighted by Gasteiger charge is 2.12. The Morgan fingerprint density at radius 2 is 2.37 bits per heavy atom. The number of methoxy groups -OCH3 is 1. The zero-order valence-corrected chi connectivity index (χ0v) is 11.5. The smallest absolute Gasteiger partial charge is 0.482 e. The monoisotopic (exact) mass is 282 g/mol. The molecule has 0 amide bonds. The first-order valence-corrected chi connectivity index (χ1v) is 6.45. The molecule has 2 aromatic heterocycles. The lowest BCUT2D eigenvalue weighted by molar-refractivity contribution is 0.122. The van der Waals surface area contributed by atoms with Crippen molar-refractivity contribution in [2.24, 2.45) is 0 Å². The Bertz CT molecular complexity index is 536. The summed E-state index contributed by atoms with van der Waals surface area (Å²) in [5.74, 6) is 0. The Hall–Kier alpha value is -2.02.